The highest BCUT2D eigenvalue weighted by Gasteiger charge is 2.10. The molecule has 2 heterocycles. The van der Waals surface area contributed by atoms with E-state index in [1.54, 1.807) is 0 Å². The number of hydrogen-bond acceptors (Lipinski definition) is 6. The fraction of sp³-hybridized carbons (Fsp3) is 0.304. The zero-order chi connectivity index (χ0) is 22.9. The Kier molecular flexibility index (Phi) is 11.1. The highest BCUT2D eigenvalue weighted by molar-refractivity contribution is 6.02. The highest BCUT2D eigenvalue weighted by Crippen LogP contribution is 2.13. The molecule has 2 aliphatic heterocycles. The molecule has 0 bridgehead atoms. The third kappa shape index (κ3) is 8.34. The average Bonchev–Trinajstić information content (AvgIpc) is 3.54. The van der Waals surface area contributed by atoms with E-state index >= 15 is 0 Å². The van der Waals surface area contributed by atoms with Crippen molar-refractivity contribution >= 4 is 59.9 Å². The second kappa shape index (κ2) is 14.0. The van der Waals surface area contributed by atoms with Crippen LogP contribution < -0.4 is 31.9 Å². The van der Waals surface area contributed by atoms with E-state index in [2.05, 4.69) is 41.9 Å². The van der Waals surface area contributed by atoms with Crippen LogP contribution in [0.5, 0.6) is 0 Å². The Bertz CT molecular complexity index is 993. The molecule has 0 unspecified atom stereocenters. The van der Waals surface area contributed by atoms with Crippen LogP contribution in [0.15, 0.2) is 58.5 Å². The molecule has 0 aromatic heterocycles. The zero-order valence-corrected chi connectivity index (χ0v) is 20.7. The van der Waals surface area contributed by atoms with E-state index in [1.165, 1.54) is 0 Å². The normalized spacial score (nSPS) is 13.6. The Morgan fingerprint density at radius 1 is 0.743 bits per heavy atom. The molecule has 0 fully saturated rings. The smallest absolute Gasteiger partial charge is 0.319 e. The number of aliphatic imine (C=N–C) groups is 2. The van der Waals surface area contributed by atoms with Crippen LogP contribution in [0.2, 0.25) is 0 Å². The van der Waals surface area contributed by atoms with Gasteiger partial charge in [0.05, 0.1) is 13.1 Å². The van der Waals surface area contributed by atoms with Crippen LogP contribution in [-0.4, -0.2) is 63.0 Å². The van der Waals surface area contributed by atoms with Crippen molar-refractivity contribution in [2.24, 2.45) is 9.98 Å². The van der Waals surface area contributed by atoms with E-state index in [1.807, 2.05) is 48.5 Å². The molecule has 0 spiro atoms. The summed E-state index contributed by atoms with van der Waals surface area (Å²) in [5.74, 6) is 1.69. The lowest BCUT2D eigenvalue weighted by Crippen LogP contribution is -2.34. The largest absolute Gasteiger partial charge is 0.368 e. The van der Waals surface area contributed by atoms with Gasteiger partial charge in [-0.15, -0.1) is 24.8 Å². The molecular formula is C23H30Cl2N8O2. The molecule has 12 heteroatoms. The van der Waals surface area contributed by atoms with E-state index in [9.17, 15) is 9.59 Å². The van der Waals surface area contributed by atoms with Gasteiger partial charge in [-0.1, -0.05) is 24.3 Å². The fourth-order valence-corrected chi connectivity index (χ4v) is 3.51. The van der Waals surface area contributed by atoms with Gasteiger partial charge in [0, 0.05) is 48.7 Å². The number of rotatable bonds is 8. The van der Waals surface area contributed by atoms with Crippen LogP contribution in [-0.2, 0) is 0 Å². The lowest BCUT2D eigenvalue weighted by Gasteiger charge is -2.11. The maximum Gasteiger partial charge on any atom is 0.319 e. The average molecular weight is 521 g/mol. The molecule has 188 valence electrons. The first-order chi connectivity index (χ1) is 16.2. The topological polar surface area (TPSA) is 131 Å². The maximum absolute atomic E-state index is 12.1. The van der Waals surface area contributed by atoms with Crippen molar-refractivity contribution in [3.05, 3.63) is 59.7 Å². The van der Waals surface area contributed by atoms with Crippen molar-refractivity contribution < 1.29 is 9.59 Å². The highest BCUT2D eigenvalue weighted by atomic mass is 35.5. The van der Waals surface area contributed by atoms with E-state index in [-0.39, 0.29) is 36.9 Å². The van der Waals surface area contributed by atoms with Gasteiger partial charge < -0.3 is 31.9 Å². The predicted octanol–water partition coefficient (Wildman–Crippen LogP) is 2.56. The SMILES string of the molecule is Cl.Cl.O=C(NCCCNC(=O)Nc1cccc(C2=NCCN2)c1)Nc1cccc(C2=NCCN2)c1. The molecular weight excluding hydrogens is 491 g/mol. The number of benzene rings is 2. The molecule has 2 aromatic rings. The van der Waals surface area contributed by atoms with E-state index in [4.69, 9.17) is 0 Å². The van der Waals surface area contributed by atoms with Crippen LogP contribution in [0.1, 0.15) is 17.5 Å². The number of nitrogens with one attached hydrogen (secondary N) is 6. The van der Waals surface area contributed by atoms with Gasteiger partial charge in [0.15, 0.2) is 0 Å². The van der Waals surface area contributed by atoms with Gasteiger partial charge in [0.1, 0.15) is 11.7 Å². The number of urea groups is 2. The lowest BCUT2D eigenvalue weighted by atomic mass is 10.2. The number of carbonyl (C=O) groups excluding carboxylic acids is 2. The van der Waals surface area contributed by atoms with Gasteiger partial charge in [0.25, 0.3) is 0 Å². The third-order valence-electron chi connectivity index (χ3n) is 5.06. The molecule has 4 amide bonds. The molecule has 35 heavy (non-hydrogen) atoms. The standard InChI is InChI=1S/C23H28N8O2.2ClH/c32-22(30-18-6-1-4-16(14-18)20-24-10-11-25-20)28-8-3-9-29-23(33)31-19-7-2-5-17(15-19)21-26-12-13-27-21;;/h1-2,4-7,14-15H,3,8-13H2,(H,24,25)(H,26,27)(H2,28,30,32)(H2,29,31,33);2*1H. The second-order valence-electron chi connectivity index (χ2n) is 7.59. The van der Waals surface area contributed by atoms with Gasteiger partial charge in [-0.3, -0.25) is 9.98 Å². The molecule has 0 saturated carbocycles. The van der Waals surface area contributed by atoms with Crippen molar-refractivity contribution in [2.45, 2.75) is 6.42 Å². The summed E-state index contributed by atoms with van der Waals surface area (Å²) in [6.07, 6.45) is 0.600. The van der Waals surface area contributed by atoms with Crippen molar-refractivity contribution in [2.75, 3.05) is 49.9 Å². The number of amidine groups is 2. The monoisotopic (exact) mass is 520 g/mol. The minimum atomic E-state index is -0.293. The summed E-state index contributed by atoms with van der Waals surface area (Å²) in [4.78, 5) is 33.1. The Labute approximate surface area is 216 Å². The number of halogens is 2. The molecule has 0 saturated heterocycles. The number of amides is 4. The molecule has 6 N–H and O–H groups in total. The van der Waals surface area contributed by atoms with Gasteiger partial charge in [-0.2, -0.15) is 0 Å². The summed E-state index contributed by atoms with van der Waals surface area (Å²) in [7, 11) is 0. The summed E-state index contributed by atoms with van der Waals surface area (Å²) in [6, 6.07) is 14.5. The van der Waals surface area contributed by atoms with Gasteiger partial charge in [0.2, 0.25) is 0 Å². The molecule has 4 rings (SSSR count). The van der Waals surface area contributed by atoms with Crippen LogP contribution in [0.4, 0.5) is 21.0 Å². The third-order valence-corrected chi connectivity index (χ3v) is 5.06. The first kappa shape index (κ1) is 27.7. The molecule has 2 aromatic carbocycles. The Morgan fingerprint density at radius 3 is 1.60 bits per heavy atom. The molecule has 10 nitrogen and oxygen atoms in total. The van der Waals surface area contributed by atoms with Crippen LogP contribution in [0.3, 0.4) is 0 Å². The lowest BCUT2D eigenvalue weighted by molar-refractivity contribution is 0.251. The zero-order valence-electron chi connectivity index (χ0n) is 19.1. The first-order valence-electron chi connectivity index (χ1n) is 11.0. The number of hydrogen-bond donors (Lipinski definition) is 6. The van der Waals surface area contributed by atoms with Crippen LogP contribution in [0, 0.1) is 0 Å². The molecule has 0 aliphatic carbocycles. The Hall–Kier alpha value is -3.50. The Balaban J connectivity index is 0.00000216. The minimum absolute atomic E-state index is 0. The van der Waals surface area contributed by atoms with Crippen molar-refractivity contribution in [1.29, 1.82) is 0 Å². The minimum Gasteiger partial charge on any atom is -0.368 e. The quantitative estimate of drug-likeness (QED) is 0.298. The number of nitrogens with zero attached hydrogens (tertiary/aromatic N) is 2. The van der Waals surface area contributed by atoms with Gasteiger partial charge in [-0.25, -0.2) is 9.59 Å². The van der Waals surface area contributed by atoms with Crippen molar-refractivity contribution in [3.8, 4) is 0 Å². The summed E-state index contributed by atoms with van der Waals surface area (Å²) in [5, 5.41) is 17.7. The number of anilines is 2. The van der Waals surface area contributed by atoms with Crippen molar-refractivity contribution in [1.82, 2.24) is 21.3 Å². The summed E-state index contributed by atoms with van der Waals surface area (Å²) >= 11 is 0. The molecule has 0 atom stereocenters. The van der Waals surface area contributed by atoms with E-state index < -0.39 is 0 Å². The summed E-state index contributed by atoms with van der Waals surface area (Å²) in [5.41, 5.74) is 3.27. The molecule has 2 aliphatic rings. The summed E-state index contributed by atoms with van der Waals surface area (Å²) in [6.45, 7) is 4.05. The first-order valence-corrected chi connectivity index (χ1v) is 11.0. The van der Waals surface area contributed by atoms with E-state index in [0.717, 1.165) is 49.0 Å². The van der Waals surface area contributed by atoms with Crippen LogP contribution >= 0.6 is 24.8 Å². The van der Waals surface area contributed by atoms with Gasteiger partial charge in [-0.05, 0) is 30.7 Å². The summed E-state index contributed by atoms with van der Waals surface area (Å²) < 4.78 is 0. The van der Waals surface area contributed by atoms with Gasteiger partial charge >= 0.3 is 12.1 Å². The predicted molar refractivity (Wildman–Crippen MR) is 145 cm³/mol. The Morgan fingerprint density at radius 2 is 1.20 bits per heavy atom. The van der Waals surface area contributed by atoms with Crippen molar-refractivity contribution in [3.63, 3.8) is 0 Å². The van der Waals surface area contributed by atoms with E-state index in [0.29, 0.717) is 30.9 Å². The fourth-order valence-electron chi connectivity index (χ4n) is 3.51. The number of carbonyl (C=O) groups is 2. The second-order valence-corrected chi connectivity index (χ2v) is 7.59. The van der Waals surface area contributed by atoms with Crippen LogP contribution in [0.25, 0.3) is 0 Å². The molecule has 0 radical (unpaired) electrons. The maximum atomic E-state index is 12.1.